The first-order valence-electron chi connectivity index (χ1n) is 8.37. The second-order valence-electron chi connectivity index (χ2n) is 5.95. The van der Waals surface area contributed by atoms with Crippen LogP contribution in [-0.2, 0) is 11.3 Å². The predicted molar refractivity (Wildman–Crippen MR) is 104 cm³/mol. The number of aromatic nitrogens is 2. The van der Waals surface area contributed by atoms with Crippen molar-refractivity contribution in [1.82, 2.24) is 9.55 Å². The molecule has 0 N–H and O–H groups in total. The van der Waals surface area contributed by atoms with Gasteiger partial charge >= 0.3 is 5.97 Å². The summed E-state index contributed by atoms with van der Waals surface area (Å²) in [5, 5.41) is 4.40. The van der Waals surface area contributed by atoms with E-state index in [1.807, 2.05) is 37.4 Å². The highest BCUT2D eigenvalue weighted by Gasteiger charge is 2.19. The van der Waals surface area contributed by atoms with Crippen LogP contribution in [0.25, 0.3) is 9.88 Å². The lowest BCUT2D eigenvalue weighted by molar-refractivity contribution is 0.0469. The maximum Gasteiger partial charge on any atom is 0.358 e. The predicted octanol–water partition coefficient (Wildman–Crippen LogP) is 4.74. The third-order valence-corrected chi connectivity index (χ3v) is 5.98. The Morgan fingerprint density at radius 1 is 1.27 bits per heavy atom. The summed E-state index contributed by atoms with van der Waals surface area (Å²) in [4.78, 5) is 30.0. The quantitative estimate of drug-likeness (QED) is 0.433. The average molecular weight is 389 g/mol. The summed E-state index contributed by atoms with van der Waals surface area (Å²) >= 11 is 2.95. The number of nitrogens with zero attached hydrogens (tertiary/aromatic N) is 2. The second kappa shape index (κ2) is 7.97. The van der Waals surface area contributed by atoms with E-state index in [1.165, 1.54) is 11.3 Å². The first-order chi connectivity index (χ1) is 12.5. The molecule has 0 aromatic carbocycles. The van der Waals surface area contributed by atoms with Crippen molar-refractivity contribution < 1.29 is 14.3 Å². The van der Waals surface area contributed by atoms with E-state index in [0.29, 0.717) is 5.56 Å². The fourth-order valence-corrected chi connectivity index (χ4v) is 4.42. The fraction of sp³-hybridized carbons (Fsp3) is 0.316. The van der Waals surface area contributed by atoms with Gasteiger partial charge in [0.15, 0.2) is 12.3 Å². The number of aryl methyl sites for hydroxylation is 1. The van der Waals surface area contributed by atoms with E-state index < -0.39 is 5.97 Å². The largest absolute Gasteiger partial charge is 0.453 e. The molecule has 3 aromatic heterocycles. The van der Waals surface area contributed by atoms with Gasteiger partial charge in [0, 0.05) is 28.9 Å². The van der Waals surface area contributed by atoms with Crippen LogP contribution in [0.5, 0.6) is 0 Å². The lowest BCUT2D eigenvalue weighted by atomic mass is 10.1. The molecule has 136 valence electrons. The summed E-state index contributed by atoms with van der Waals surface area (Å²) in [5.74, 6) is -0.762. The number of hydrogen-bond donors (Lipinski definition) is 0. The van der Waals surface area contributed by atoms with Gasteiger partial charge in [0.05, 0.1) is 4.88 Å². The van der Waals surface area contributed by atoms with Gasteiger partial charge in [0.25, 0.3) is 0 Å². The Morgan fingerprint density at radius 3 is 2.77 bits per heavy atom. The van der Waals surface area contributed by atoms with E-state index in [1.54, 1.807) is 16.7 Å². The number of thiophene rings is 1. The minimum atomic E-state index is -0.570. The molecule has 3 heterocycles. The zero-order valence-corrected chi connectivity index (χ0v) is 16.6. The number of hydrogen-bond acceptors (Lipinski definition) is 6. The molecule has 0 spiro atoms. The standard InChI is InChI=1S/C19H20N2O3S2/c1-4-7-21-12(2)9-14(13(21)3)16(22)10-24-19(23)15-11-26-18(20-15)17-6-5-8-25-17/h5-6,8-9,11H,4,7,10H2,1-3H3. The molecule has 0 radical (unpaired) electrons. The van der Waals surface area contributed by atoms with Crippen molar-refractivity contribution in [2.75, 3.05) is 6.61 Å². The second-order valence-corrected chi connectivity index (χ2v) is 7.76. The van der Waals surface area contributed by atoms with Gasteiger partial charge in [-0.25, -0.2) is 9.78 Å². The molecule has 0 bridgehead atoms. The smallest absolute Gasteiger partial charge is 0.358 e. The summed E-state index contributed by atoms with van der Waals surface area (Å²) in [6.45, 7) is 6.59. The number of thiazole rings is 1. The molecule has 0 fully saturated rings. The van der Waals surface area contributed by atoms with E-state index in [9.17, 15) is 9.59 Å². The number of carbonyl (C=O) groups is 2. The highest BCUT2D eigenvalue weighted by Crippen LogP contribution is 2.28. The molecule has 0 aliphatic rings. The topological polar surface area (TPSA) is 61.2 Å². The van der Waals surface area contributed by atoms with Crippen molar-refractivity contribution in [3.63, 3.8) is 0 Å². The number of Topliss-reactive ketones (excluding diaryl/α,β-unsaturated/α-hetero) is 1. The van der Waals surface area contributed by atoms with Gasteiger partial charge in [0.1, 0.15) is 5.01 Å². The molecule has 0 amide bonds. The van der Waals surface area contributed by atoms with E-state index >= 15 is 0 Å². The molecule has 0 unspecified atom stereocenters. The first kappa shape index (κ1) is 18.5. The Labute approximate surface area is 160 Å². The number of esters is 1. The first-order valence-corrected chi connectivity index (χ1v) is 10.1. The molecule has 5 nitrogen and oxygen atoms in total. The Kier molecular flexibility index (Phi) is 5.68. The Hall–Kier alpha value is -2.25. The summed E-state index contributed by atoms with van der Waals surface area (Å²) in [6, 6.07) is 5.75. The minimum Gasteiger partial charge on any atom is -0.453 e. The molecular formula is C19H20N2O3S2. The van der Waals surface area contributed by atoms with Crippen LogP contribution in [-0.4, -0.2) is 27.9 Å². The lowest BCUT2D eigenvalue weighted by Gasteiger charge is -2.07. The Balaban J connectivity index is 1.65. The van der Waals surface area contributed by atoms with Crippen LogP contribution >= 0.6 is 22.7 Å². The summed E-state index contributed by atoms with van der Waals surface area (Å²) in [7, 11) is 0. The van der Waals surface area contributed by atoms with Crippen LogP contribution in [0.1, 0.15) is 45.6 Å². The van der Waals surface area contributed by atoms with E-state index in [-0.39, 0.29) is 18.1 Å². The van der Waals surface area contributed by atoms with Crippen molar-refractivity contribution in [3.8, 4) is 9.88 Å². The van der Waals surface area contributed by atoms with Gasteiger partial charge in [0.2, 0.25) is 5.78 Å². The van der Waals surface area contributed by atoms with Crippen molar-refractivity contribution in [2.24, 2.45) is 0 Å². The van der Waals surface area contributed by atoms with Crippen LogP contribution in [0.2, 0.25) is 0 Å². The van der Waals surface area contributed by atoms with Gasteiger partial charge in [-0.05, 0) is 37.8 Å². The molecule has 0 aliphatic carbocycles. The molecule has 0 saturated carbocycles. The molecule has 3 rings (SSSR count). The summed E-state index contributed by atoms with van der Waals surface area (Å²) < 4.78 is 7.30. The van der Waals surface area contributed by atoms with E-state index in [2.05, 4.69) is 16.5 Å². The molecule has 7 heteroatoms. The molecule has 0 saturated heterocycles. The maximum atomic E-state index is 12.5. The zero-order chi connectivity index (χ0) is 18.7. The highest BCUT2D eigenvalue weighted by molar-refractivity contribution is 7.20. The van der Waals surface area contributed by atoms with E-state index in [0.717, 1.165) is 34.2 Å². The van der Waals surface area contributed by atoms with Gasteiger partial charge in [-0.3, -0.25) is 4.79 Å². The summed E-state index contributed by atoms with van der Waals surface area (Å²) in [6.07, 6.45) is 0.995. The maximum absolute atomic E-state index is 12.5. The molecule has 0 atom stereocenters. The van der Waals surface area contributed by atoms with Crippen molar-refractivity contribution in [2.45, 2.75) is 33.7 Å². The SMILES string of the molecule is CCCn1c(C)cc(C(=O)COC(=O)c2csc(-c3cccs3)n2)c1C. The number of ether oxygens (including phenoxy) is 1. The fourth-order valence-electron chi connectivity index (χ4n) is 2.81. The van der Waals surface area contributed by atoms with Crippen LogP contribution < -0.4 is 0 Å². The Morgan fingerprint density at radius 2 is 2.08 bits per heavy atom. The van der Waals surface area contributed by atoms with Crippen LogP contribution in [0.4, 0.5) is 0 Å². The third kappa shape index (κ3) is 3.78. The molecular weight excluding hydrogens is 368 g/mol. The highest BCUT2D eigenvalue weighted by atomic mass is 32.1. The molecule has 26 heavy (non-hydrogen) atoms. The number of rotatable bonds is 7. The average Bonchev–Trinajstić information content (AvgIpc) is 3.35. The van der Waals surface area contributed by atoms with Crippen LogP contribution in [0.15, 0.2) is 29.0 Å². The van der Waals surface area contributed by atoms with Crippen LogP contribution in [0.3, 0.4) is 0 Å². The normalized spacial score (nSPS) is 10.9. The summed E-state index contributed by atoms with van der Waals surface area (Å²) in [5.41, 5.74) is 2.81. The van der Waals surface area contributed by atoms with E-state index in [4.69, 9.17) is 4.74 Å². The van der Waals surface area contributed by atoms with Gasteiger partial charge < -0.3 is 9.30 Å². The van der Waals surface area contributed by atoms with Crippen molar-refractivity contribution in [1.29, 1.82) is 0 Å². The van der Waals surface area contributed by atoms with Gasteiger partial charge in [-0.15, -0.1) is 22.7 Å². The number of ketones is 1. The van der Waals surface area contributed by atoms with Gasteiger partial charge in [-0.2, -0.15) is 0 Å². The monoisotopic (exact) mass is 388 g/mol. The zero-order valence-electron chi connectivity index (χ0n) is 14.9. The molecule has 0 aliphatic heterocycles. The third-order valence-electron chi connectivity index (χ3n) is 4.10. The van der Waals surface area contributed by atoms with Crippen molar-refractivity contribution in [3.05, 3.63) is 51.6 Å². The lowest BCUT2D eigenvalue weighted by Crippen LogP contribution is -2.15. The molecule has 3 aromatic rings. The Bertz CT molecular complexity index is 923. The minimum absolute atomic E-state index is 0.192. The van der Waals surface area contributed by atoms with Crippen LogP contribution in [0, 0.1) is 13.8 Å². The number of carbonyl (C=O) groups excluding carboxylic acids is 2. The van der Waals surface area contributed by atoms with Crippen molar-refractivity contribution >= 4 is 34.4 Å². The van der Waals surface area contributed by atoms with Gasteiger partial charge in [-0.1, -0.05) is 13.0 Å².